The number of allylic oxidation sites excluding steroid dienone is 2. The van der Waals surface area contributed by atoms with Crippen molar-refractivity contribution in [1.29, 1.82) is 0 Å². The highest BCUT2D eigenvalue weighted by Gasteiger charge is 2.41. The van der Waals surface area contributed by atoms with Gasteiger partial charge in [-0.1, -0.05) is 12.2 Å². The summed E-state index contributed by atoms with van der Waals surface area (Å²) in [4.78, 5) is 0. The Morgan fingerprint density at radius 1 is 0.943 bits per heavy atom. The zero-order valence-corrected chi connectivity index (χ0v) is 19.0. The molecule has 0 saturated heterocycles. The quantitative estimate of drug-likeness (QED) is 0.226. The molecular weight excluding hydrogens is 477 g/mol. The number of hydrogen-bond donors (Lipinski definition) is 0. The van der Waals surface area contributed by atoms with E-state index in [1.165, 1.54) is 0 Å². The average Bonchev–Trinajstić information content (AvgIpc) is 2.79. The van der Waals surface area contributed by atoms with Crippen LogP contribution in [0.1, 0.15) is 49.7 Å². The van der Waals surface area contributed by atoms with Gasteiger partial charge in [-0.2, -0.15) is 17.6 Å². The van der Waals surface area contributed by atoms with Crippen molar-refractivity contribution >= 4 is 0 Å². The molecule has 192 valence electrons. The molecule has 1 aliphatic rings. The van der Waals surface area contributed by atoms with Crippen LogP contribution < -0.4 is 9.47 Å². The largest absolute Gasteiger partial charge is 0.435 e. The lowest BCUT2D eigenvalue weighted by Crippen LogP contribution is -2.25. The molecule has 2 nitrogen and oxygen atoms in total. The highest BCUT2D eigenvalue weighted by Crippen LogP contribution is 2.37. The third-order valence-corrected chi connectivity index (χ3v) is 6.10. The summed E-state index contributed by atoms with van der Waals surface area (Å²) in [5.41, 5.74) is -1.24. The van der Waals surface area contributed by atoms with Crippen LogP contribution >= 0.6 is 0 Å². The summed E-state index contributed by atoms with van der Waals surface area (Å²) in [5.74, 6) is -2.82. The fraction of sp³-hybridized carbons (Fsp3) is 0.462. The zero-order chi connectivity index (χ0) is 25.4. The topological polar surface area (TPSA) is 18.5 Å². The molecule has 0 heterocycles. The molecule has 35 heavy (non-hydrogen) atoms. The second kappa shape index (κ2) is 12.3. The van der Waals surface area contributed by atoms with Gasteiger partial charge in [0.2, 0.25) is 0 Å². The molecule has 0 radical (unpaired) electrons. The van der Waals surface area contributed by atoms with Crippen molar-refractivity contribution in [2.75, 3.05) is 6.67 Å². The summed E-state index contributed by atoms with van der Waals surface area (Å²) in [5, 5.41) is 0. The first-order chi connectivity index (χ1) is 16.7. The van der Waals surface area contributed by atoms with E-state index in [1.807, 2.05) is 12.2 Å². The SMILES string of the molecule is FCCC=CC1CCC(CCc2cc(F)c(C(F)(F)Oc3ccc(OC(F)F)cc3)c(F)c2)CC1. The van der Waals surface area contributed by atoms with Crippen LogP contribution in [0.4, 0.5) is 30.7 Å². The van der Waals surface area contributed by atoms with E-state index in [1.54, 1.807) is 0 Å². The van der Waals surface area contributed by atoms with Crippen LogP contribution in [0.25, 0.3) is 0 Å². The molecule has 0 unspecified atom stereocenters. The summed E-state index contributed by atoms with van der Waals surface area (Å²) in [6.07, 6.45) is 4.84. The first-order valence-corrected chi connectivity index (χ1v) is 11.5. The number of benzene rings is 2. The van der Waals surface area contributed by atoms with Crippen LogP contribution in [0, 0.1) is 23.5 Å². The van der Waals surface area contributed by atoms with Gasteiger partial charge in [-0.15, -0.1) is 0 Å². The van der Waals surface area contributed by atoms with Crippen molar-refractivity contribution in [3.8, 4) is 11.5 Å². The maximum Gasteiger partial charge on any atom is 0.432 e. The normalized spacial score (nSPS) is 18.9. The Labute approximate surface area is 199 Å². The first kappa shape index (κ1) is 26.9. The Kier molecular flexibility index (Phi) is 9.46. The second-order valence-electron chi connectivity index (χ2n) is 8.63. The molecule has 0 bridgehead atoms. The van der Waals surface area contributed by atoms with Crippen LogP contribution in [0.2, 0.25) is 0 Å². The van der Waals surface area contributed by atoms with Crippen molar-refractivity contribution in [3.63, 3.8) is 0 Å². The first-order valence-electron chi connectivity index (χ1n) is 11.5. The Hall–Kier alpha value is -2.71. The molecule has 2 aromatic rings. The fourth-order valence-electron chi connectivity index (χ4n) is 4.33. The highest BCUT2D eigenvalue weighted by atomic mass is 19.3. The van der Waals surface area contributed by atoms with Gasteiger partial charge in [0.15, 0.2) is 0 Å². The standard InChI is InChI=1S/C26H27F7O2/c27-14-2-1-3-17-4-6-18(7-5-17)8-9-19-15-22(28)24(23(29)16-19)26(32,33)35-21-12-10-20(11-13-21)34-25(30)31/h1,3,10-13,15-18,25H,2,4-9,14H2. The molecule has 0 aromatic heterocycles. The summed E-state index contributed by atoms with van der Waals surface area (Å²) >= 11 is 0. The number of alkyl halides is 5. The minimum atomic E-state index is -4.33. The molecule has 0 N–H and O–H groups in total. The Bertz CT molecular complexity index is 945. The smallest absolute Gasteiger partial charge is 0.432 e. The maximum absolute atomic E-state index is 14.6. The van der Waals surface area contributed by atoms with Crippen molar-refractivity contribution < 1.29 is 40.2 Å². The molecule has 1 fully saturated rings. The van der Waals surface area contributed by atoms with Gasteiger partial charge in [-0.05, 0) is 98.7 Å². The van der Waals surface area contributed by atoms with Gasteiger partial charge in [0.25, 0.3) is 0 Å². The molecule has 0 amide bonds. The summed E-state index contributed by atoms with van der Waals surface area (Å²) in [7, 11) is 0. The molecular formula is C26H27F7O2. The predicted molar refractivity (Wildman–Crippen MR) is 117 cm³/mol. The van der Waals surface area contributed by atoms with Gasteiger partial charge in [-0.25, -0.2) is 8.78 Å². The molecule has 1 aliphatic carbocycles. The van der Waals surface area contributed by atoms with E-state index in [0.29, 0.717) is 31.1 Å². The zero-order valence-electron chi connectivity index (χ0n) is 19.0. The molecule has 9 heteroatoms. The third kappa shape index (κ3) is 7.90. The van der Waals surface area contributed by atoms with Crippen LogP contribution in [0.3, 0.4) is 0 Å². The van der Waals surface area contributed by atoms with Gasteiger partial charge in [0.1, 0.15) is 28.7 Å². The molecule has 0 spiro atoms. The average molecular weight is 504 g/mol. The Morgan fingerprint density at radius 2 is 1.54 bits per heavy atom. The minimum Gasteiger partial charge on any atom is -0.435 e. The monoisotopic (exact) mass is 504 g/mol. The van der Waals surface area contributed by atoms with E-state index in [-0.39, 0.29) is 18.0 Å². The second-order valence-corrected chi connectivity index (χ2v) is 8.63. The van der Waals surface area contributed by atoms with Crippen LogP contribution in [-0.4, -0.2) is 13.3 Å². The van der Waals surface area contributed by atoms with Gasteiger partial charge >= 0.3 is 12.7 Å². The van der Waals surface area contributed by atoms with Crippen molar-refractivity contribution in [2.45, 2.75) is 57.7 Å². The molecule has 0 aliphatic heterocycles. The molecule has 0 atom stereocenters. The van der Waals surface area contributed by atoms with Crippen LogP contribution in [-0.2, 0) is 12.5 Å². The van der Waals surface area contributed by atoms with Crippen molar-refractivity contribution in [1.82, 2.24) is 0 Å². The summed E-state index contributed by atoms with van der Waals surface area (Å²) in [6.45, 7) is -3.46. The molecule has 3 rings (SSSR count). The van der Waals surface area contributed by atoms with Gasteiger partial charge in [0.05, 0.1) is 6.67 Å². The van der Waals surface area contributed by atoms with Gasteiger partial charge < -0.3 is 9.47 Å². The van der Waals surface area contributed by atoms with E-state index in [2.05, 4.69) is 9.47 Å². The lowest BCUT2D eigenvalue weighted by molar-refractivity contribution is -0.189. The van der Waals surface area contributed by atoms with E-state index in [9.17, 15) is 30.7 Å². The molecule has 1 saturated carbocycles. The number of aryl methyl sites for hydroxylation is 1. The summed E-state index contributed by atoms with van der Waals surface area (Å²) < 4.78 is 103. The Balaban J connectivity index is 1.58. The lowest BCUT2D eigenvalue weighted by Gasteiger charge is -2.27. The fourth-order valence-corrected chi connectivity index (χ4v) is 4.33. The molecule has 2 aromatic carbocycles. The van der Waals surface area contributed by atoms with E-state index >= 15 is 0 Å². The van der Waals surface area contributed by atoms with E-state index < -0.39 is 35.7 Å². The van der Waals surface area contributed by atoms with E-state index in [0.717, 1.165) is 62.1 Å². The van der Waals surface area contributed by atoms with Crippen LogP contribution in [0.5, 0.6) is 11.5 Å². The maximum atomic E-state index is 14.6. The van der Waals surface area contributed by atoms with Crippen molar-refractivity contribution in [3.05, 3.63) is 71.3 Å². The number of halogens is 7. The predicted octanol–water partition coefficient (Wildman–Crippen LogP) is 8.35. The number of rotatable bonds is 11. The highest BCUT2D eigenvalue weighted by molar-refractivity contribution is 5.33. The number of ether oxygens (including phenoxy) is 2. The number of hydrogen-bond acceptors (Lipinski definition) is 2. The lowest BCUT2D eigenvalue weighted by atomic mass is 9.79. The Morgan fingerprint density at radius 3 is 2.11 bits per heavy atom. The van der Waals surface area contributed by atoms with E-state index in [4.69, 9.17) is 0 Å². The van der Waals surface area contributed by atoms with Crippen molar-refractivity contribution in [2.24, 2.45) is 11.8 Å². The van der Waals surface area contributed by atoms with Gasteiger partial charge in [-0.3, -0.25) is 4.39 Å². The third-order valence-electron chi connectivity index (χ3n) is 6.10. The minimum absolute atomic E-state index is 0.276. The van der Waals surface area contributed by atoms with Gasteiger partial charge in [0, 0.05) is 0 Å². The summed E-state index contributed by atoms with van der Waals surface area (Å²) in [6, 6.07) is 5.59. The van der Waals surface area contributed by atoms with Crippen LogP contribution in [0.15, 0.2) is 48.6 Å².